The number of benzene rings is 1. The highest BCUT2D eigenvalue weighted by molar-refractivity contribution is 5.67. The Hall–Kier alpha value is -1.55. The van der Waals surface area contributed by atoms with Gasteiger partial charge in [0.05, 0.1) is 6.17 Å². The number of alkyl carbamates (subject to hydrolysis) is 1. The molecule has 3 unspecified atom stereocenters. The fourth-order valence-corrected chi connectivity index (χ4v) is 3.95. The van der Waals surface area contributed by atoms with Gasteiger partial charge in [0.25, 0.3) is 0 Å². The molecule has 3 rings (SSSR count). The molecule has 1 heterocycles. The third kappa shape index (κ3) is 3.61. The predicted molar refractivity (Wildman–Crippen MR) is 86.2 cm³/mol. The number of carbonyl (C=O) groups excluding carboxylic acids is 1. The summed E-state index contributed by atoms with van der Waals surface area (Å²) in [5, 5.41) is 3.10. The van der Waals surface area contributed by atoms with E-state index in [0.717, 1.165) is 18.0 Å². The Morgan fingerprint density at radius 3 is 2.82 bits per heavy atom. The van der Waals surface area contributed by atoms with Crippen molar-refractivity contribution >= 4 is 6.09 Å². The van der Waals surface area contributed by atoms with E-state index in [0.29, 0.717) is 12.5 Å². The summed E-state index contributed by atoms with van der Waals surface area (Å²) in [6.45, 7) is 1.39. The molecule has 4 heteroatoms. The summed E-state index contributed by atoms with van der Waals surface area (Å²) in [4.78, 5) is 14.4. The van der Waals surface area contributed by atoms with Crippen molar-refractivity contribution in [1.82, 2.24) is 10.2 Å². The second kappa shape index (κ2) is 7.14. The van der Waals surface area contributed by atoms with Crippen LogP contribution in [-0.4, -0.2) is 30.8 Å². The Bertz CT molecular complexity index is 491. The molecule has 1 aliphatic carbocycles. The van der Waals surface area contributed by atoms with Crippen molar-refractivity contribution in [3.8, 4) is 0 Å². The first kappa shape index (κ1) is 15.3. The number of fused-ring (bicyclic) bond motifs is 1. The summed E-state index contributed by atoms with van der Waals surface area (Å²) in [6, 6.07) is 9.81. The molecule has 1 aromatic carbocycles. The van der Waals surface area contributed by atoms with Crippen molar-refractivity contribution in [3.63, 3.8) is 0 Å². The summed E-state index contributed by atoms with van der Waals surface area (Å²) < 4.78 is 5.38. The standard InChI is InChI=1S/C18H26N2O2/c1-20-12-11-15-9-5-6-10-16(15)17(20)19-18(21)22-13-14-7-3-2-4-8-14/h2-4,7-8,15-17H,5-6,9-13H2,1H3,(H,19,21). The molecule has 1 N–H and O–H groups in total. The van der Waals surface area contributed by atoms with E-state index in [2.05, 4.69) is 17.3 Å². The van der Waals surface area contributed by atoms with Gasteiger partial charge in [0.1, 0.15) is 6.61 Å². The zero-order valence-electron chi connectivity index (χ0n) is 13.3. The van der Waals surface area contributed by atoms with E-state index < -0.39 is 0 Å². The van der Waals surface area contributed by atoms with Crippen molar-refractivity contribution in [1.29, 1.82) is 0 Å². The fraction of sp³-hybridized carbons (Fsp3) is 0.611. The van der Waals surface area contributed by atoms with Crippen LogP contribution in [0.25, 0.3) is 0 Å². The Balaban J connectivity index is 1.54. The van der Waals surface area contributed by atoms with Crippen LogP contribution in [0, 0.1) is 11.8 Å². The molecule has 120 valence electrons. The van der Waals surface area contributed by atoms with E-state index in [9.17, 15) is 4.79 Å². The van der Waals surface area contributed by atoms with Crippen molar-refractivity contribution in [2.24, 2.45) is 11.8 Å². The minimum Gasteiger partial charge on any atom is -0.445 e. The highest BCUT2D eigenvalue weighted by Crippen LogP contribution is 2.38. The maximum atomic E-state index is 12.1. The summed E-state index contributed by atoms with van der Waals surface area (Å²) in [5.74, 6) is 1.35. The highest BCUT2D eigenvalue weighted by Gasteiger charge is 2.38. The van der Waals surface area contributed by atoms with Crippen LogP contribution >= 0.6 is 0 Å². The SMILES string of the molecule is CN1CCC2CCCCC2C1NC(=O)OCc1ccccc1. The number of nitrogens with zero attached hydrogens (tertiary/aromatic N) is 1. The smallest absolute Gasteiger partial charge is 0.408 e. The van der Waals surface area contributed by atoms with Gasteiger partial charge in [0.2, 0.25) is 0 Å². The lowest BCUT2D eigenvalue weighted by molar-refractivity contribution is 0.0186. The maximum Gasteiger partial charge on any atom is 0.408 e. The number of ether oxygens (including phenoxy) is 1. The topological polar surface area (TPSA) is 41.6 Å². The summed E-state index contributed by atoms with van der Waals surface area (Å²) in [6.07, 6.45) is 6.25. The molecule has 2 aliphatic rings. The Labute approximate surface area is 132 Å². The van der Waals surface area contributed by atoms with Crippen LogP contribution < -0.4 is 5.32 Å². The number of hydrogen-bond donors (Lipinski definition) is 1. The van der Waals surface area contributed by atoms with E-state index in [-0.39, 0.29) is 12.3 Å². The third-order valence-electron chi connectivity index (χ3n) is 5.18. The van der Waals surface area contributed by atoms with Gasteiger partial charge in [-0.1, -0.05) is 49.6 Å². The second-order valence-corrected chi connectivity index (χ2v) is 6.63. The molecule has 1 aliphatic heterocycles. The van der Waals surface area contributed by atoms with E-state index in [4.69, 9.17) is 4.74 Å². The second-order valence-electron chi connectivity index (χ2n) is 6.63. The number of hydrogen-bond acceptors (Lipinski definition) is 3. The molecule has 1 saturated carbocycles. The third-order valence-corrected chi connectivity index (χ3v) is 5.18. The first-order chi connectivity index (χ1) is 10.7. The molecule has 2 fully saturated rings. The van der Waals surface area contributed by atoms with Gasteiger partial charge in [0.15, 0.2) is 0 Å². The van der Waals surface area contributed by atoms with Gasteiger partial charge in [-0.3, -0.25) is 4.90 Å². The lowest BCUT2D eigenvalue weighted by Gasteiger charge is -2.46. The minimum absolute atomic E-state index is 0.127. The fourth-order valence-electron chi connectivity index (χ4n) is 3.95. The number of piperidine rings is 1. The molecule has 3 atom stereocenters. The lowest BCUT2D eigenvalue weighted by Crippen LogP contribution is -2.57. The normalized spacial score (nSPS) is 28.7. The van der Waals surface area contributed by atoms with Crippen LogP contribution in [-0.2, 0) is 11.3 Å². The molecular formula is C18H26N2O2. The molecule has 4 nitrogen and oxygen atoms in total. The van der Waals surface area contributed by atoms with Crippen LogP contribution in [0.4, 0.5) is 4.79 Å². The molecule has 22 heavy (non-hydrogen) atoms. The van der Waals surface area contributed by atoms with Crippen LogP contribution in [0.3, 0.4) is 0 Å². The number of carbonyl (C=O) groups is 1. The zero-order valence-corrected chi connectivity index (χ0v) is 13.3. The van der Waals surface area contributed by atoms with Crippen molar-refractivity contribution in [2.45, 2.75) is 44.9 Å². The molecular weight excluding hydrogens is 276 g/mol. The van der Waals surface area contributed by atoms with E-state index in [1.165, 1.54) is 32.1 Å². The number of amides is 1. The van der Waals surface area contributed by atoms with Crippen molar-refractivity contribution < 1.29 is 9.53 Å². The molecule has 0 aromatic heterocycles. The average molecular weight is 302 g/mol. The van der Waals surface area contributed by atoms with Crippen LogP contribution in [0.2, 0.25) is 0 Å². The average Bonchev–Trinajstić information content (AvgIpc) is 2.56. The first-order valence-corrected chi connectivity index (χ1v) is 8.41. The lowest BCUT2D eigenvalue weighted by atomic mass is 9.73. The molecule has 0 bridgehead atoms. The highest BCUT2D eigenvalue weighted by atomic mass is 16.5. The quantitative estimate of drug-likeness (QED) is 0.930. The van der Waals surface area contributed by atoms with E-state index in [1.807, 2.05) is 30.3 Å². The van der Waals surface area contributed by atoms with Gasteiger partial charge in [-0.05, 0) is 37.3 Å². The van der Waals surface area contributed by atoms with Crippen LogP contribution in [0.1, 0.15) is 37.7 Å². The van der Waals surface area contributed by atoms with Crippen molar-refractivity contribution in [2.75, 3.05) is 13.6 Å². The Kier molecular flexibility index (Phi) is 4.98. The Morgan fingerprint density at radius 1 is 1.23 bits per heavy atom. The predicted octanol–water partition coefficient (Wildman–Crippen LogP) is 3.38. The monoisotopic (exact) mass is 302 g/mol. The number of rotatable bonds is 3. The molecule has 0 spiro atoms. The van der Waals surface area contributed by atoms with Crippen LogP contribution in [0.5, 0.6) is 0 Å². The van der Waals surface area contributed by atoms with Gasteiger partial charge >= 0.3 is 6.09 Å². The molecule has 1 aromatic rings. The zero-order chi connectivity index (χ0) is 15.4. The molecule has 1 amide bonds. The van der Waals surface area contributed by atoms with Crippen LogP contribution in [0.15, 0.2) is 30.3 Å². The minimum atomic E-state index is -0.299. The summed E-state index contributed by atoms with van der Waals surface area (Å²) >= 11 is 0. The van der Waals surface area contributed by atoms with Gasteiger partial charge in [-0.25, -0.2) is 4.79 Å². The van der Waals surface area contributed by atoms with E-state index >= 15 is 0 Å². The molecule has 1 saturated heterocycles. The van der Waals surface area contributed by atoms with Crippen molar-refractivity contribution in [3.05, 3.63) is 35.9 Å². The first-order valence-electron chi connectivity index (χ1n) is 8.41. The van der Waals surface area contributed by atoms with Gasteiger partial charge < -0.3 is 10.1 Å². The number of nitrogens with one attached hydrogen (secondary N) is 1. The molecule has 0 radical (unpaired) electrons. The summed E-state index contributed by atoms with van der Waals surface area (Å²) in [5.41, 5.74) is 1.02. The summed E-state index contributed by atoms with van der Waals surface area (Å²) in [7, 11) is 2.10. The Morgan fingerprint density at radius 2 is 2.00 bits per heavy atom. The van der Waals surface area contributed by atoms with Gasteiger partial charge in [-0.15, -0.1) is 0 Å². The van der Waals surface area contributed by atoms with Gasteiger partial charge in [-0.2, -0.15) is 0 Å². The van der Waals surface area contributed by atoms with Gasteiger partial charge in [0, 0.05) is 6.54 Å². The maximum absolute atomic E-state index is 12.1. The number of likely N-dealkylation sites (tertiary alicyclic amines) is 1. The largest absolute Gasteiger partial charge is 0.445 e. The van der Waals surface area contributed by atoms with E-state index in [1.54, 1.807) is 0 Å².